The number of hydrogen-bond donors (Lipinski definition) is 4. The Kier molecular flexibility index (Phi) is 33.7. The first-order chi connectivity index (χ1) is 24.2. The Balaban J connectivity index is 4.43. The van der Waals surface area contributed by atoms with Crippen LogP contribution >= 0.6 is 0 Å². The van der Waals surface area contributed by atoms with Crippen LogP contribution in [0.3, 0.4) is 0 Å². The first-order valence-corrected chi connectivity index (χ1v) is 20.9. The lowest BCUT2D eigenvalue weighted by atomic mass is 10.0. The number of nitrogens with one attached hydrogen (secondary N) is 2. The second-order valence-electron chi connectivity index (χ2n) is 14.6. The zero-order valence-electron chi connectivity index (χ0n) is 32.6. The van der Waals surface area contributed by atoms with Gasteiger partial charge in [-0.2, -0.15) is 0 Å². The van der Waals surface area contributed by atoms with E-state index in [0.29, 0.717) is 12.8 Å². The molecule has 0 saturated heterocycles. The molecule has 9 nitrogen and oxygen atoms in total. The van der Waals surface area contributed by atoms with Crippen LogP contribution in [0.1, 0.15) is 213 Å². The summed E-state index contributed by atoms with van der Waals surface area (Å²) in [5.74, 6) is -2.46. The second-order valence-corrected chi connectivity index (χ2v) is 14.6. The van der Waals surface area contributed by atoms with E-state index in [9.17, 15) is 24.3 Å². The summed E-state index contributed by atoms with van der Waals surface area (Å²) in [6, 6.07) is -1.41. The third kappa shape index (κ3) is 31.8. The van der Waals surface area contributed by atoms with Crippen molar-refractivity contribution in [3.05, 3.63) is 0 Å². The molecule has 0 aliphatic rings. The molecule has 4 N–H and O–H groups in total. The molecule has 0 aliphatic carbocycles. The Morgan fingerprint density at radius 2 is 0.960 bits per heavy atom. The van der Waals surface area contributed by atoms with Crippen molar-refractivity contribution in [1.29, 1.82) is 0 Å². The minimum atomic E-state index is -1.41. The number of amides is 2. The highest BCUT2D eigenvalue weighted by Crippen LogP contribution is 2.17. The highest BCUT2D eigenvalue weighted by atomic mass is 16.5. The number of rotatable bonds is 37. The third-order valence-corrected chi connectivity index (χ3v) is 9.56. The van der Waals surface area contributed by atoms with Gasteiger partial charge < -0.3 is 25.6 Å². The van der Waals surface area contributed by atoms with Crippen molar-refractivity contribution in [3.63, 3.8) is 0 Å². The summed E-state index contributed by atoms with van der Waals surface area (Å²) in [6.07, 6.45) is 31.5. The number of aliphatic carboxylic acids is 1. The van der Waals surface area contributed by atoms with Crippen LogP contribution in [-0.4, -0.2) is 58.8 Å². The molecule has 0 aromatic carbocycles. The van der Waals surface area contributed by atoms with Crippen LogP contribution in [0.15, 0.2) is 0 Å². The van der Waals surface area contributed by atoms with Crippen LogP contribution in [0, 0.1) is 0 Å². The van der Waals surface area contributed by atoms with E-state index in [0.717, 1.165) is 38.5 Å². The van der Waals surface area contributed by atoms with Crippen LogP contribution in [0.4, 0.5) is 0 Å². The van der Waals surface area contributed by atoms with E-state index in [1.165, 1.54) is 135 Å². The zero-order chi connectivity index (χ0) is 37.1. The molecule has 50 heavy (non-hydrogen) atoms. The topological polar surface area (TPSA) is 142 Å². The number of carbonyl (C=O) groups is 4. The van der Waals surface area contributed by atoms with Crippen molar-refractivity contribution >= 4 is 23.8 Å². The molecule has 0 radical (unpaired) electrons. The van der Waals surface area contributed by atoms with Crippen molar-refractivity contribution in [2.24, 2.45) is 0 Å². The maximum atomic E-state index is 12.7. The van der Waals surface area contributed by atoms with Crippen molar-refractivity contribution in [3.8, 4) is 0 Å². The highest BCUT2D eigenvalue weighted by Gasteiger charge is 2.25. The van der Waals surface area contributed by atoms with E-state index in [1.807, 2.05) is 0 Å². The Labute approximate surface area is 306 Å². The quantitative estimate of drug-likeness (QED) is 0.0371. The van der Waals surface area contributed by atoms with Gasteiger partial charge in [0.05, 0.1) is 12.5 Å². The number of carboxylic acids is 1. The van der Waals surface area contributed by atoms with E-state index in [1.54, 1.807) is 0 Å². The van der Waals surface area contributed by atoms with Crippen molar-refractivity contribution < 1.29 is 34.1 Å². The van der Waals surface area contributed by atoms with E-state index < -0.39 is 30.1 Å². The van der Waals surface area contributed by atoms with Crippen molar-refractivity contribution in [1.82, 2.24) is 10.6 Å². The summed E-state index contributed by atoms with van der Waals surface area (Å²) >= 11 is 0. The lowest BCUT2D eigenvalue weighted by Gasteiger charge is -2.19. The summed E-state index contributed by atoms with van der Waals surface area (Å²) in [6.45, 7) is 5.82. The number of hydrogen-bond acceptors (Lipinski definition) is 6. The van der Waals surface area contributed by atoms with Crippen LogP contribution in [0.25, 0.3) is 0 Å². The van der Waals surface area contributed by atoms with Gasteiger partial charge in [0.1, 0.15) is 6.10 Å². The number of carboxylic acid groups (broad SMARTS) is 1. The second kappa shape index (κ2) is 35.3. The Hall–Kier alpha value is -2.16. The van der Waals surface area contributed by atoms with E-state index in [-0.39, 0.29) is 31.3 Å². The summed E-state index contributed by atoms with van der Waals surface area (Å²) in [5.41, 5.74) is 0. The molecular formula is C41H78N2O7. The number of unbranched alkanes of at least 4 members (excludes halogenated alkanes) is 24. The molecule has 0 fully saturated rings. The zero-order valence-corrected chi connectivity index (χ0v) is 32.6. The van der Waals surface area contributed by atoms with E-state index >= 15 is 0 Å². The monoisotopic (exact) mass is 711 g/mol. The first-order valence-electron chi connectivity index (χ1n) is 20.9. The molecule has 0 aromatic heterocycles. The Bertz CT molecular complexity index is 836. The lowest BCUT2D eigenvalue weighted by Crippen LogP contribution is -2.48. The van der Waals surface area contributed by atoms with Gasteiger partial charge in [-0.15, -0.1) is 0 Å². The number of aliphatic hydroxyl groups is 1. The SMILES string of the molecule is CCCCCCCCCCCCCCCC(=O)OC(CCCCCCCCCCCCCCC)CC(=O)NCCC(=O)N[C@H](C(=O)O)C(C)O. The fourth-order valence-electron chi connectivity index (χ4n) is 6.35. The summed E-state index contributed by atoms with van der Waals surface area (Å²) in [5, 5.41) is 23.7. The normalized spacial score (nSPS) is 13.0. The molecule has 2 unspecified atom stereocenters. The Morgan fingerprint density at radius 1 is 0.560 bits per heavy atom. The van der Waals surface area contributed by atoms with Crippen LogP contribution in [0.5, 0.6) is 0 Å². The van der Waals surface area contributed by atoms with Gasteiger partial charge in [0.2, 0.25) is 11.8 Å². The molecule has 0 aromatic rings. The van der Waals surface area contributed by atoms with Gasteiger partial charge in [-0.1, -0.05) is 168 Å². The molecule has 0 spiro atoms. The minimum absolute atomic E-state index is 0.0230. The van der Waals surface area contributed by atoms with Gasteiger partial charge in [0, 0.05) is 19.4 Å². The third-order valence-electron chi connectivity index (χ3n) is 9.56. The van der Waals surface area contributed by atoms with Gasteiger partial charge in [0.25, 0.3) is 0 Å². The maximum absolute atomic E-state index is 12.7. The number of esters is 1. The molecule has 2 amide bonds. The van der Waals surface area contributed by atoms with Crippen LogP contribution in [-0.2, 0) is 23.9 Å². The largest absolute Gasteiger partial charge is 0.480 e. The van der Waals surface area contributed by atoms with E-state index in [2.05, 4.69) is 24.5 Å². The molecule has 3 atom stereocenters. The average Bonchev–Trinajstić information content (AvgIpc) is 3.07. The fourth-order valence-corrected chi connectivity index (χ4v) is 6.35. The highest BCUT2D eigenvalue weighted by molar-refractivity contribution is 5.84. The van der Waals surface area contributed by atoms with Gasteiger partial charge >= 0.3 is 11.9 Å². The van der Waals surface area contributed by atoms with Crippen LogP contribution < -0.4 is 10.6 Å². The maximum Gasteiger partial charge on any atom is 0.328 e. The molecule has 9 heteroatoms. The molecule has 0 aliphatic heterocycles. The molecule has 0 rings (SSSR count). The number of carbonyl (C=O) groups excluding carboxylic acids is 3. The van der Waals surface area contributed by atoms with Gasteiger partial charge in [-0.3, -0.25) is 14.4 Å². The number of aliphatic hydroxyl groups excluding tert-OH is 1. The van der Waals surface area contributed by atoms with Gasteiger partial charge in [0.15, 0.2) is 6.04 Å². The van der Waals surface area contributed by atoms with Crippen molar-refractivity contribution in [2.75, 3.05) is 6.54 Å². The fraction of sp³-hybridized carbons (Fsp3) is 0.902. The minimum Gasteiger partial charge on any atom is -0.480 e. The van der Waals surface area contributed by atoms with Crippen LogP contribution in [0.2, 0.25) is 0 Å². The molecular weight excluding hydrogens is 632 g/mol. The predicted octanol–water partition coefficient (Wildman–Crippen LogP) is 9.71. The summed E-state index contributed by atoms with van der Waals surface area (Å²) in [7, 11) is 0. The molecule has 0 heterocycles. The van der Waals surface area contributed by atoms with Gasteiger partial charge in [-0.25, -0.2) is 4.79 Å². The van der Waals surface area contributed by atoms with Crippen molar-refractivity contribution in [2.45, 2.75) is 232 Å². The van der Waals surface area contributed by atoms with E-state index in [4.69, 9.17) is 9.84 Å². The first kappa shape index (κ1) is 47.8. The summed E-state index contributed by atoms with van der Waals surface area (Å²) in [4.78, 5) is 48.7. The smallest absolute Gasteiger partial charge is 0.328 e. The predicted molar refractivity (Wildman–Crippen MR) is 204 cm³/mol. The molecule has 0 saturated carbocycles. The molecule has 0 bridgehead atoms. The molecule has 294 valence electrons. The Morgan fingerprint density at radius 3 is 1.36 bits per heavy atom. The summed E-state index contributed by atoms with van der Waals surface area (Å²) < 4.78 is 5.80. The number of ether oxygens (including phenoxy) is 1. The lowest BCUT2D eigenvalue weighted by molar-refractivity contribution is -0.151. The standard InChI is InChI=1S/C41H78N2O7/c1-4-6-8-10-12-14-16-18-20-22-24-26-28-30-36(34-38(46)42-33-32-37(45)43-40(35(3)44)41(48)49)50-39(47)31-29-27-25-23-21-19-17-15-13-11-9-7-5-2/h35-36,40,44H,4-34H2,1-3H3,(H,42,46)(H,43,45)(H,48,49)/t35?,36?,40-/m0/s1. The average molecular weight is 711 g/mol. The van der Waals surface area contributed by atoms with Gasteiger partial charge in [-0.05, 0) is 26.2 Å².